The zero-order valence-corrected chi connectivity index (χ0v) is 18.9. The Labute approximate surface area is 189 Å². The second-order valence-corrected chi connectivity index (χ2v) is 8.95. The fourth-order valence-corrected chi connectivity index (χ4v) is 4.59. The number of Topliss-reactive ketones (excluding diaryl/α,β-unsaturated/α-hetero) is 1. The van der Waals surface area contributed by atoms with Gasteiger partial charge in [0.2, 0.25) is 0 Å². The van der Waals surface area contributed by atoms with Gasteiger partial charge in [0.1, 0.15) is 18.5 Å². The van der Waals surface area contributed by atoms with Gasteiger partial charge in [0, 0.05) is 36.3 Å². The van der Waals surface area contributed by atoms with Crippen molar-refractivity contribution >= 4 is 17.4 Å². The lowest BCUT2D eigenvalue weighted by molar-refractivity contribution is -0.0674. The van der Waals surface area contributed by atoms with Crippen molar-refractivity contribution in [1.29, 1.82) is 0 Å². The number of carbonyl (C=O) groups is 1. The molecule has 0 spiro atoms. The zero-order chi connectivity index (χ0) is 21.6. The third kappa shape index (κ3) is 6.30. The molecule has 0 radical (unpaired) electrons. The first-order valence-electron chi connectivity index (χ1n) is 11.1. The molecule has 31 heavy (non-hydrogen) atoms. The van der Waals surface area contributed by atoms with Gasteiger partial charge in [-0.2, -0.15) is 0 Å². The van der Waals surface area contributed by atoms with Gasteiger partial charge in [0.05, 0.1) is 6.61 Å². The lowest BCUT2D eigenvalue weighted by atomic mass is 10.0. The molecule has 0 bridgehead atoms. The van der Waals surface area contributed by atoms with Crippen LogP contribution in [0.1, 0.15) is 35.7 Å². The summed E-state index contributed by atoms with van der Waals surface area (Å²) in [4.78, 5) is 16.7. The fourth-order valence-electron chi connectivity index (χ4n) is 4.46. The first-order valence-corrected chi connectivity index (χ1v) is 11.5. The second kappa shape index (κ2) is 10.6. The predicted octanol–water partition coefficient (Wildman–Crippen LogP) is 4.29. The smallest absolute Gasteiger partial charge is 0.159 e. The van der Waals surface area contributed by atoms with Gasteiger partial charge in [-0.3, -0.25) is 14.6 Å². The van der Waals surface area contributed by atoms with Crippen molar-refractivity contribution in [2.24, 2.45) is 0 Å². The van der Waals surface area contributed by atoms with E-state index in [2.05, 4.69) is 21.9 Å². The average molecular weight is 443 g/mol. The number of ether oxygens (including phenoxy) is 2. The van der Waals surface area contributed by atoms with Gasteiger partial charge in [-0.15, -0.1) is 0 Å². The maximum absolute atomic E-state index is 11.6. The lowest BCUT2D eigenvalue weighted by Crippen LogP contribution is -2.52. The van der Waals surface area contributed by atoms with Crippen LogP contribution in [0.5, 0.6) is 5.75 Å². The first kappa shape index (κ1) is 22.3. The van der Waals surface area contributed by atoms with Crippen LogP contribution in [0.25, 0.3) is 0 Å². The number of benzene rings is 2. The van der Waals surface area contributed by atoms with Crippen molar-refractivity contribution in [1.82, 2.24) is 9.80 Å². The molecule has 2 saturated heterocycles. The Morgan fingerprint density at radius 3 is 2.65 bits per heavy atom. The molecule has 6 heteroatoms. The molecule has 0 aliphatic carbocycles. The maximum Gasteiger partial charge on any atom is 0.159 e. The normalized spacial score (nSPS) is 21.2. The highest BCUT2D eigenvalue weighted by molar-refractivity contribution is 6.30. The maximum atomic E-state index is 11.6. The van der Waals surface area contributed by atoms with E-state index in [0.29, 0.717) is 18.2 Å². The van der Waals surface area contributed by atoms with Crippen molar-refractivity contribution in [3.63, 3.8) is 0 Å². The van der Waals surface area contributed by atoms with Crippen molar-refractivity contribution < 1.29 is 14.3 Å². The summed E-state index contributed by atoms with van der Waals surface area (Å²) in [6.45, 7) is 7.92. The molecule has 0 N–H and O–H groups in total. The van der Waals surface area contributed by atoms with E-state index in [-0.39, 0.29) is 11.9 Å². The van der Waals surface area contributed by atoms with Crippen LogP contribution in [-0.2, 0) is 11.3 Å². The summed E-state index contributed by atoms with van der Waals surface area (Å²) in [5.74, 6) is 0.775. The molecule has 0 aromatic heterocycles. The molecule has 2 aromatic carbocycles. The highest BCUT2D eigenvalue weighted by Gasteiger charge is 2.29. The number of morpholine rings is 1. The number of hydrogen-bond acceptors (Lipinski definition) is 5. The Morgan fingerprint density at radius 1 is 1.13 bits per heavy atom. The minimum absolute atomic E-state index is 0.0490. The monoisotopic (exact) mass is 442 g/mol. The van der Waals surface area contributed by atoms with Crippen molar-refractivity contribution in [3.05, 3.63) is 64.7 Å². The minimum atomic E-state index is 0.0490. The van der Waals surface area contributed by atoms with E-state index in [4.69, 9.17) is 21.1 Å². The van der Waals surface area contributed by atoms with Crippen LogP contribution in [-0.4, -0.2) is 67.1 Å². The van der Waals surface area contributed by atoms with Crippen LogP contribution in [0.4, 0.5) is 0 Å². The molecule has 0 amide bonds. The zero-order valence-electron chi connectivity index (χ0n) is 18.1. The Kier molecular flexibility index (Phi) is 7.62. The number of likely N-dealkylation sites (tertiary alicyclic amines) is 1. The van der Waals surface area contributed by atoms with Crippen LogP contribution in [0.3, 0.4) is 0 Å². The van der Waals surface area contributed by atoms with Crippen LogP contribution in [0.2, 0.25) is 5.02 Å². The van der Waals surface area contributed by atoms with Gasteiger partial charge in [-0.25, -0.2) is 0 Å². The van der Waals surface area contributed by atoms with E-state index in [1.54, 1.807) is 13.0 Å². The summed E-state index contributed by atoms with van der Waals surface area (Å²) in [5, 5.41) is 0.792. The molecule has 0 saturated carbocycles. The van der Waals surface area contributed by atoms with Gasteiger partial charge in [-0.05, 0) is 62.7 Å². The highest BCUT2D eigenvalue weighted by atomic mass is 35.5. The van der Waals surface area contributed by atoms with Crippen LogP contribution < -0.4 is 4.74 Å². The fraction of sp³-hybridized carbons (Fsp3) is 0.480. The number of piperidine rings is 1. The van der Waals surface area contributed by atoms with Crippen molar-refractivity contribution in [2.45, 2.75) is 38.5 Å². The number of halogens is 1. The summed E-state index contributed by atoms with van der Waals surface area (Å²) in [7, 11) is 0. The SMILES string of the molecule is CC(=O)c1cccc(OCC2CN(C3CCN(Cc4ccc(Cl)cc4)CC3)CCO2)c1. The molecule has 2 fully saturated rings. The quantitative estimate of drug-likeness (QED) is 0.598. The molecule has 166 valence electrons. The van der Waals surface area contributed by atoms with Gasteiger partial charge >= 0.3 is 0 Å². The molecular weight excluding hydrogens is 412 g/mol. The molecule has 2 aromatic rings. The third-order valence-corrected chi connectivity index (χ3v) is 6.49. The van der Waals surface area contributed by atoms with Crippen LogP contribution in [0, 0.1) is 0 Å². The molecular formula is C25H31ClN2O3. The van der Waals surface area contributed by atoms with E-state index >= 15 is 0 Å². The van der Waals surface area contributed by atoms with E-state index in [0.717, 1.165) is 50.1 Å². The Hall–Kier alpha value is -1.92. The number of nitrogens with zero attached hydrogens (tertiary/aromatic N) is 2. The molecule has 5 nitrogen and oxygen atoms in total. The Bertz CT molecular complexity index is 865. The molecule has 2 heterocycles. The summed E-state index contributed by atoms with van der Waals surface area (Å²) in [6.07, 6.45) is 2.42. The van der Waals surface area contributed by atoms with Crippen molar-refractivity contribution in [2.75, 3.05) is 39.4 Å². The molecule has 1 atom stereocenters. The van der Waals surface area contributed by atoms with Gasteiger partial charge < -0.3 is 9.47 Å². The van der Waals surface area contributed by atoms with E-state index < -0.39 is 0 Å². The van der Waals surface area contributed by atoms with E-state index in [9.17, 15) is 4.79 Å². The molecule has 2 aliphatic heterocycles. The number of carbonyl (C=O) groups excluding carboxylic acids is 1. The van der Waals surface area contributed by atoms with Crippen LogP contribution in [0.15, 0.2) is 48.5 Å². The first-order chi connectivity index (χ1) is 15.1. The van der Waals surface area contributed by atoms with E-state index in [1.165, 1.54) is 18.4 Å². The van der Waals surface area contributed by atoms with Crippen molar-refractivity contribution in [3.8, 4) is 5.75 Å². The summed E-state index contributed by atoms with van der Waals surface area (Å²) in [5.41, 5.74) is 1.99. The average Bonchev–Trinajstić information content (AvgIpc) is 2.80. The number of rotatable bonds is 7. The van der Waals surface area contributed by atoms with Gasteiger partial charge in [0.15, 0.2) is 5.78 Å². The molecule has 1 unspecified atom stereocenters. The predicted molar refractivity (Wildman–Crippen MR) is 123 cm³/mol. The second-order valence-electron chi connectivity index (χ2n) is 8.52. The Morgan fingerprint density at radius 2 is 1.90 bits per heavy atom. The Balaban J connectivity index is 1.23. The standard InChI is InChI=1S/C25H31ClN2O3/c1-19(29)21-3-2-4-24(15-21)31-18-25-17-28(13-14-30-25)23-9-11-27(12-10-23)16-20-5-7-22(26)8-6-20/h2-8,15,23,25H,9-14,16-18H2,1H3. The minimum Gasteiger partial charge on any atom is -0.491 e. The summed E-state index contributed by atoms with van der Waals surface area (Å²) < 4.78 is 11.9. The lowest BCUT2D eigenvalue weighted by Gasteiger charge is -2.42. The van der Waals surface area contributed by atoms with E-state index in [1.807, 2.05) is 30.3 Å². The van der Waals surface area contributed by atoms with Crippen LogP contribution >= 0.6 is 11.6 Å². The third-order valence-electron chi connectivity index (χ3n) is 6.24. The van der Waals surface area contributed by atoms with Gasteiger partial charge in [-0.1, -0.05) is 35.9 Å². The number of ketones is 1. The molecule has 2 aliphatic rings. The van der Waals surface area contributed by atoms with Gasteiger partial charge in [0.25, 0.3) is 0 Å². The topological polar surface area (TPSA) is 42.0 Å². The number of hydrogen-bond donors (Lipinski definition) is 0. The largest absolute Gasteiger partial charge is 0.491 e. The highest BCUT2D eigenvalue weighted by Crippen LogP contribution is 2.22. The molecule has 4 rings (SSSR count). The summed E-state index contributed by atoms with van der Waals surface area (Å²) >= 11 is 6.00. The summed E-state index contributed by atoms with van der Waals surface area (Å²) in [6, 6.07) is 16.1.